The Balaban J connectivity index is 2.22. The smallest absolute Gasteiger partial charge is 0.324 e. The lowest BCUT2D eigenvalue weighted by atomic mass is 10.1. The number of allylic oxidation sites excluding steroid dienone is 1. The highest BCUT2D eigenvalue weighted by atomic mass is 16.2. The number of nitrogens with one attached hydrogen (secondary N) is 2. The van der Waals surface area contributed by atoms with E-state index in [0.29, 0.717) is 19.0 Å². The van der Waals surface area contributed by atoms with E-state index in [1.54, 1.807) is 0 Å². The Kier molecular flexibility index (Phi) is 15.1. The molecular formula is C23H45N7O. The summed E-state index contributed by atoms with van der Waals surface area (Å²) in [5.41, 5.74) is 12.9. The van der Waals surface area contributed by atoms with Crippen LogP contribution in [0.2, 0.25) is 0 Å². The van der Waals surface area contributed by atoms with E-state index in [1.165, 1.54) is 31.3 Å². The van der Waals surface area contributed by atoms with E-state index in [1.807, 2.05) is 4.90 Å². The third-order valence-corrected chi connectivity index (χ3v) is 5.31. The number of hydrogen-bond acceptors (Lipinski definition) is 4. The van der Waals surface area contributed by atoms with Crippen LogP contribution in [0.25, 0.3) is 0 Å². The summed E-state index contributed by atoms with van der Waals surface area (Å²) in [5.74, 6) is 0.753. The molecule has 6 N–H and O–H groups in total. The molecule has 0 bridgehead atoms. The molecule has 0 radical (unpaired) electrons. The van der Waals surface area contributed by atoms with E-state index in [4.69, 9.17) is 11.5 Å². The summed E-state index contributed by atoms with van der Waals surface area (Å²) in [6.07, 6.45) is 14.4. The second-order valence-electron chi connectivity index (χ2n) is 8.51. The van der Waals surface area contributed by atoms with Crippen molar-refractivity contribution in [3.05, 3.63) is 11.6 Å². The van der Waals surface area contributed by atoms with Gasteiger partial charge in [0.05, 0.1) is 6.54 Å². The van der Waals surface area contributed by atoms with Crippen molar-refractivity contribution in [1.29, 1.82) is 0 Å². The maximum atomic E-state index is 12.5. The van der Waals surface area contributed by atoms with Gasteiger partial charge in [0.2, 0.25) is 0 Å². The molecule has 0 aromatic rings. The number of unbranched alkanes of at least 4 members (excludes halogenated alkanes) is 4. The van der Waals surface area contributed by atoms with Crippen LogP contribution in [0.15, 0.2) is 21.6 Å². The molecule has 1 rings (SSSR count). The summed E-state index contributed by atoms with van der Waals surface area (Å²) in [5, 5.41) is 5.91. The summed E-state index contributed by atoms with van der Waals surface area (Å²) in [6, 6.07) is -0.118. The molecule has 2 amide bonds. The molecule has 0 spiro atoms. The van der Waals surface area contributed by atoms with Crippen molar-refractivity contribution in [3.8, 4) is 0 Å². The van der Waals surface area contributed by atoms with E-state index in [-0.39, 0.29) is 12.0 Å². The number of carbonyl (C=O) groups is 1. The number of rotatable bonds is 10. The van der Waals surface area contributed by atoms with Crippen LogP contribution >= 0.6 is 0 Å². The van der Waals surface area contributed by atoms with Gasteiger partial charge in [0.15, 0.2) is 11.9 Å². The van der Waals surface area contributed by atoms with Crippen LogP contribution in [0.1, 0.15) is 84.5 Å². The number of carbonyl (C=O) groups excluding carboxylic acids is 1. The van der Waals surface area contributed by atoms with Gasteiger partial charge in [-0.1, -0.05) is 56.6 Å². The van der Waals surface area contributed by atoms with Crippen LogP contribution in [0.5, 0.6) is 0 Å². The van der Waals surface area contributed by atoms with Crippen molar-refractivity contribution in [3.63, 3.8) is 0 Å². The zero-order valence-corrected chi connectivity index (χ0v) is 19.8. The normalized spacial score (nSPS) is 17.0. The fourth-order valence-corrected chi connectivity index (χ4v) is 3.42. The summed E-state index contributed by atoms with van der Waals surface area (Å²) >= 11 is 0. The van der Waals surface area contributed by atoms with Crippen LogP contribution in [-0.4, -0.2) is 55.6 Å². The molecule has 31 heavy (non-hydrogen) atoms. The molecule has 1 heterocycles. The van der Waals surface area contributed by atoms with Crippen molar-refractivity contribution in [2.24, 2.45) is 21.5 Å². The standard InChI is InChI=1S/C23H45N7O/c1-20(2)14-17-28-21(24)26-15-10-7-5-9-13-19-30-18-12-8-4-3-6-11-16-27-22(25)29-23(30)31/h14H,3-13,15-19H2,1-2H3,(H3,24,26,28)(H3,25,27,29,31). The maximum Gasteiger partial charge on any atom is 0.324 e. The van der Waals surface area contributed by atoms with Crippen molar-refractivity contribution in [2.45, 2.75) is 84.5 Å². The van der Waals surface area contributed by atoms with Gasteiger partial charge < -0.3 is 21.7 Å². The number of aliphatic imine (C=N–C) groups is 2. The SMILES string of the molecule is CC(C)=CCN=C(N)NCCCCCCCN1CCCCCCCCN=C(N)NC1=O. The van der Waals surface area contributed by atoms with Crippen molar-refractivity contribution >= 4 is 18.0 Å². The van der Waals surface area contributed by atoms with Gasteiger partial charge in [0.25, 0.3) is 0 Å². The number of urea groups is 1. The lowest BCUT2D eigenvalue weighted by molar-refractivity contribution is 0.200. The fraction of sp³-hybridized carbons (Fsp3) is 0.783. The molecule has 8 heteroatoms. The molecule has 0 aliphatic carbocycles. The van der Waals surface area contributed by atoms with Crippen LogP contribution in [0.3, 0.4) is 0 Å². The van der Waals surface area contributed by atoms with Gasteiger partial charge in [-0.15, -0.1) is 0 Å². The third kappa shape index (κ3) is 15.2. The highest BCUT2D eigenvalue weighted by Crippen LogP contribution is 2.09. The Morgan fingerprint density at radius 1 is 1.10 bits per heavy atom. The van der Waals surface area contributed by atoms with Crippen LogP contribution in [-0.2, 0) is 0 Å². The molecule has 0 saturated carbocycles. The van der Waals surface area contributed by atoms with Crippen LogP contribution in [0, 0.1) is 0 Å². The number of amides is 2. The summed E-state index contributed by atoms with van der Waals surface area (Å²) in [4.78, 5) is 22.9. The maximum absolute atomic E-state index is 12.5. The van der Waals surface area contributed by atoms with Crippen molar-refractivity contribution in [1.82, 2.24) is 15.5 Å². The summed E-state index contributed by atoms with van der Waals surface area (Å²) in [6.45, 7) is 7.81. The molecule has 1 aliphatic heterocycles. The van der Waals surface area contributed by atoms with E-state index < -0.39 is 0 Å². The molecule has 0 aromatic carbocycles. The van der Waals surface area contributed by atoms with Gasteiger partial charge in [-0.25, -0.2) is 9.79 Å². The Morgan fingerprint density at radius 3 is 2.55 bits per heavy atom. The second-order valence-corrected chi connectivity index (χ2v) is 8.51. The fourth-order valence-electron chi connectivity index (χ4n) is 3.42. The van der Waals surface area contributed by atoms with E-state index in [2.05, 4.69) is 40.5 Å². The predicted molar refractivity (Wildman–Crippen MR) is 131 cm³/mol. The zero-order valence-electron chi connectivity index (χ0n) is 19.8. The van der Waals surface area contributed by atoms with E-state index in [0.717, 1.165) is 64.6 Å². The second kappa shape index (κ2) is 17.4. The zero-order chi connectivity index (χ0) is 22.7. The molecule has 0 unspecified atom stereocenters. The molecule has 0 saturated heterocycles. The summed E-state index contributed by atoms with van der Waals surface area (Å²) in [7, 11) is 0. The Hall–Kier alpha value is -2.25. The number of guanidine groups is 2. The number of nitrogens with zero attached hydrogens (tertiary/aromatic N) is 3. The van der Waals surface area contributed by atoms with Gasteiger partial charge in [-0.05, 0) is 39.5 Å². The quantitative estimate of drug-likeness (QED) is 0.182. The first-order valence-electron chi connectivity index (χ1n) is 12.0. The summed E-state index contributed by atoms with van der Waals surface area (Å²) < 4.78 is 0. The topological polar surface area (TPSA) is 121 Å². The van der Waals surface area contributed by atoms with Crippen LogP contribution < -0.4 is 22.1 Å². The molecule has 0 fully saturated rings. The highest BCUT2D eigenvalue weighted by molar-refractivity contribution is 5.95. The monoisotopic (exact) mass is 435 g/mol. The Labute approximate surface area is 189 Å². The third-order valence-electron chi connectivity index (χ3n) is 5.31. The predicted octanol–water partition coefficient (Wildman–Crippen LogP) is 3.49. The minimum Gasteiger partial charge on any atom is -0.370 e. The first-order chi connectivity index (χ1) is 15.0. The van der Waals surface area contributed by atoms with Crippen LogP contribution in [0.4, 0.5) is 4.79 Å². The Morgan fingerprint density at radius 2 is 1.77 bits per heavy atom. The van der Waals surface area contributed by atoms with Crippen molar-refractivity contribution < 1.29 is 4.79 Å². The lowest BCUT2D eigenvalue weighted by Crippen LogP contribution is -2.46. The van der Waals surface area contributed by atoms with Gasteiger partial charge in [-0.3, -0.25) is 10.3 Å². The molecule has 178 valence electrons. The minimum atomic E-state index is -0.118. The molecule has 8 nitrogen and oxygen atoms in total. The number of hydrogen-bond donors (Lipinski definition) is 4. The van der Waals surface area contributed by atoms with Gasteiger partial charge in [0.1, 0.15) is 0 Å². The Bertz CT molecular complexity index is 582. The molecule has 0 atom stereocenters. The highest BCUT2D eigenvalue weighted by Gasteiger charge is 2.14. The van der Waals surface area contributed by atoms with E-state index in [9.17, 15) is 4.79 Å². The first kappa shape index (κ1) is 26.8. The van der Waals surface area contributed by atoms with E-state index >= 15 is 0 Å². The van der Waals surface area contributed by atoms with Gasteiger partial charge in [0, 0.05) is 26.2 Å². The molecule has 0 aromatic heterocycles. The van der Waals surface area contributed by atoms with Gasteiger partial charge in [-0.2, -0.15) is 0 Å². The first-order valence-corrected chi connectivity index (χ1v) is 12.0. The minimum absolute atomic E-state index is 0.118. The lowest BCUT2D eigenvalue weighted by Gasteiger charge is -2.23. The largest absolute Gasteiger partial charge is 0.370 e. The average molecular weight is 436 g/mol. The average Bonchev–Trinajstić information content (AvgIpc) is 2.73. The van der Waals surface area contributed by atoms with Gasteiger partial charge >= 0.3 is 6.03 Å². The molecular weight excluding hydrogens is 390 g/mol. The number of nitrogens with two attached hydrogens (primary N) is 2. The van der Waals surface area contributed by atoms with Crippen molar-refractivity contribution in [2.75, 3.05) is 32.7 Å². The molecule has 1 aliphatic rings.